The van der Waals surface area contributed by atoms with Gasteiger partial charge in [0.1, 0.15) is 18.8 Å². The molecule has 0 aromatic heterocycles. The van der Waals surface area contributed by atoms with Crippen LogP contribution in [0.15, 0.2) is 91.0 Å². The minimum absolute atomic E-state index is 0.176. The summed E-state index contributed by atoms with van der Waals surface area (Å²) in [6.45, 7) is 1.62. The quantitative estimate of drug-likeness (QED) is 0.200. The lowest BCUT2D eigenvalue weighted by molar-refractivity contribution is -0.302. The minimum atomic E-state index is -1.51. The van der Waals surface area contributed by atoms with E-state index in [1.54, 1.807) is 66.7 Å². The molecule has 0 spiro atoms. The van der Waals surface area contributed by atoms with E-state index in [0.29, 0.717) is 0 Å². The summed E-state index contributed by atoms with van der Waals surface area (Å²) < 4.78 is 51.8. The van der Waals surface area contributed by atoms with Crippen LogP contribution in [-0.2, 0) is 52.2 Å². The second-order valence-corrected chi connectivity index (χ2v) is 11.2. The lowest BCUT2D eigenvalue weighted by atomic mass is 10.0. The summed E-state index contributed by atoms with van der Waals surface area (Å²) in [5.74, 6) is -3.70. The molecule has 2 heterocycles. The second-order valence-electron chi connectivity index (χ2n) is 11.2. The highest BCUT2D eigenvalue weighted by Crippen LogP contribution is 2.33. The molecule has 264 valence electrons. The van der Waals surface area contributed by atoms with E-state index in [9.17, 15) is 24.0 Å². The molecule has 3 aromatic rings. The van der Waals surface area contributed by atoms with E-state index >= 15 is 0 Å². The number of methoxy groups -OCH3 is 1. The third-order valence-electron chi connectivity index (χ3n) is 7.69. The Morgan fingerprint density at radius 3 is 1.56 bits per heavy atom. The molecule has 0 N–H and O–H groups in total. The van der Waals surface area contributed by atoms with Crippen LogP contribution in [0.5, 0.6) is 0 Å². The van der Waals surface area contributed by atoms with Crippen molar-refractivity contribution in [1.82, 2.24) is 0 Å². The SMILES string of the molecule is COC1OCC(OC2OC(COC(=O)c3ccccc3)C(OC(=O)c3ccccc3)C2OC(=O)c2ccccc2)C(OC(C)=O)C1OC(C)=O. The van der Waals surface area contributed by atoms with Crippen LogP contribution in [0.3, 0.4) is 0 Å². The highest BCUT2D eigenvalue weighted by atomic mass is 16.8. The first-order valence-electron chi connectivity index (χ1n) is 15.7. The molecule has 5 rings (SSSR count). The van der Waals surface area contributed by atoms with Gasteiger partial charge in [-0.1, -0.05) is 54.6 Å². The fourth-order valence-electron chi connectivity index (χ4n) is 5.44. The Balaban J connectivity index is 1.48. The maximum absolute atomic E-state index is 13.4. The number of esters is 5. The van der Waals surface area contributed by atoms with Gasteiger partial charge in [-0.2, -0.15) is 0 Å². The van der Waals surface area contributed by atoms with Gasteiger partial charge in [0.15, 0.2) is 37.0 Å². The number of carbonyl (C=O) groups excluding carboxylic acids is 5. The zero-order chi connectivity index (χ0) is 35.6. The van der Waals surface area contributed by atoms with Crippen molar-refractivity contribution >= 4 is 29.8 Å². The normalized spacial score (nSPS) is 25.9. The zero-order valence-corrected chi connectivity index (χ0v) is 27.4. The van der Waals surface area contributed by atoms with Crippen LogP contribution in [0.2, 0.25) is 0 Å². The first-order valence-corrected chi connectivity index (χ1v) is 15.7. The predicted molar refractivity (Wildman–Crippen MR) is 169 cm³/mol. The standard InChI is InChI=1S/C36H36O14/c1-21(37)45-28-27(20-44-35(42-3)30(28)46-22(2)38)48-36-31(50-34(41)25-17-11-6-12-18-25)29(49-33(40)24-15-9-5-10-16-24)26(47-36)19-43-32(39)23-13-7-4-8-14-23/h4-18,26-31,35-36H,19-20H2,1-3H3. The number of hydrogen-bond acceptors (Lipinski definition) is 14. The maximum Gasteiger partial charge on any atom is 0.338 e. The molecule has 0 radical (unpaired) electrons. The smallest absolute Gasteiger partial charge is 0.338 e. The molecular weight excluding hydrogens is 656 g/mol. The largest absolute Gasteiger partial charge is 0.459 e. The van der Waals surface area contributed by atoms with E-state index in [4.69, 9.17) is 42.6 Å². The molecule has 2 aliphatic heterocycles. The van der Waals surface area contributed by atoms with Gasteiger partial charge >= 0.3 is 29.8 Å². The lowest BCUT2D eigenvalue weighted by Gasteiger charge is -2.41. The molecular formula is C36H36O14. The third-order valence-corrected chi connectivity index (χ3v) is 7.69. The molecule has 0 saturated carbocycles. The Kier molecular flexibility index (Phi) is 12.3. The number of ether oxygens (including phenoxy) is 9. The van der Waals surface area contributed by atoms with Gasteiger partial charge in [-0.3, -0.25) is 9.59 Å². The Hall–Kier alpha value is -5.15. The molecule has 14 heteroatoms. The summed E-state index contributed by atoms with van der Waals surface area (Å²) in [6.07, 6.45) is -10.4. The fourth-order valence-corrected chi connectivity index (χ4v) is 5.44. The van der Waals surface area contributed by atoms with Crippen molar-refractivity contribution in [3.63, 3.8) is 0 Å². The molecule has 8 atom stereocenters. The number of carbonyl (C=O) groups is 5. The maximum atomic E-state index is 13.4. The highest BCUT2D eigenvalue weighted by molar-refractivity contribution is 5.91. The van der Waals surface area contributed by atoms with Crippen LogP contribution in [0, 0.1) is 0 Å². The van der Waals surface area contributed by atoms with Gasteiger partial charge in [0.2, 0.25) is 0 Å². The van der Waals surface area contributed by atoms with Crippen LogP contribution >= 0.6 is 0 Å². The van der Waals surface area contributed by atoms with Crippen molar-refractivity contribution < 1.29 is 66.6 Å². The van der Waals surface area contributed by atoms with Crippen molar-refractivity contribution in [3.05, 3.63) is 108 Å². The average molecular weight is 693 g/mol. The molecule has 14 nitrogen and oxygen atoms in total. The first-order chi connectivity index (χ1) is 24.1. The van der Waals surface area contributed by atoms with Crippen LogP contribution in [-0.4, -0.2) is 99.4 Å². The van der Waals surface area contributed by atoms with Gasteiger partial charge in [-0.25, -0.2) is 14.4 Å². The molecule has 8 unspecified atom stereocenters. The average Bonchev–Trinajstić information content (AvgIpc) is 3.43. The second kappa shape index (κ2) is 17.0. The van der Waals surface area contributed by atoms with Crippen LogP contribution in [0.25, 0.3) is 0 Å². The summed E-state index contributed by atoms with van der Waals surface area (Å²) in [4.78, 5) is 63.9. The number of benzene rings is 3. The van der Waals surface area contributed by atoms with Gasteiger partial charge in [0.25, 0.3) is 0 Å². The van der Waals surface area contributed by atoms with Crippen molar-refractivity contribution in [3.8, 4) is 0 Å². The first kappa shape index (κ1) is 36.1. The summed E-state index contributed by atoms with van der Waals surface area (Å²) in [6, 6.07) is 24.3. The van der Waals surface area contributed by atoms with Crippen molar-refractivity contribution in [2.75, 3.05) is 20.3 Å². The molecule has 2 aliphatic rings. The predicted octanol–water partition coefficient (Wildman–Crippen LogP) is 3.27. The van der Waals surface area contributed by atoms with E-state index in [1.165, 1.54) is 31.4 Å². The fraction of sp³-hybridized carbons (Fsp3) is 0.361. The molecule has 2 saturated heterocycles. The third kappa shape index (κ3) is 9.09. The van der Waals surface area contributed by atoms with Crippen molar-refractivity contribution in [1.29, 1.82) is 0 Å². The monoisotopic (exact) mass is 692 g/mol. The van der Waals surface area contributed by atoms with E-state index in [1.807, 2.05) is 0 Å². The van der Waals surface area contributed by atoms with E-state index in [0.717, 1.165) is 13.8 Å². The molecule has 0 aliphatic carbocycles. The Labute approximate surface area is 287 Å². The van der Waals surface area contributed by atoms with Crippen molar-refractivity contribution in [2.45, 2.75) is 63.1 Å². The van der Waals surface area contributed by atoms with E-state index in [2.05, 4.69) is 0 Å². The van der Waals surface area contributed by atoms with Gasteiger partial charge < -0.3 is 42.6 Å². The minimum Gasteiger partial charge on any atom is -0.459 e. The molecule has 3 aromatic carbocycles. The zero-order valence-electron chi connectivity index (χ0n) is 27.4. The number of rotatable bonds is 12. The molecule has 50 heavy (non-hydrogen) atoms. The van der Waals surface area contributed by atoms with E-state index < -0.39 is 85.7 Å². The van der Waals surface area contributed by atoms with Crippen LogP contribution < -0.4 is 0 Å². The molecule has 2 fully saturated rings. The van der Waals surface area contributed by atoms with E-state index in [-0.39, 0.29) is 23.3 Å². The Morgan fingerprint density at radius 2 is 1.06 bits per heavy atom. The Bertz CT molecular complexity index is 1620. The van der Waals surface area contributed by atoms with Gasteiger partial charge in [-0.05, 0) is 36.4 Å². The lowest BCUT2D eigenvalue weighted by Crippen LogP contribution is -2.58. The summed E-state index contributed by atoms with van der Waals surface area (Å²) in [5, 5.41) is 0. The van der Waals surface area contributed by atoms with Crippen LogP contribution in [0.4, 0.5) is 0 Å². The molecule has 0 amide bonds. The number of hydrogen-bond donors (Lipinski definition) is 0. The molecule has 0 bridgehead atoms. The Morgan fingerprint density at radius 1 is 0.600 bits per heavy atom. The van der Waals surface area contributed by atoms with Gasteiger partial charge in [-0.15, -0.1) is 0 Å². The summed E-state index contributed by atoms with van der Waals surface area (Å²) in [7, 11) is 1.32. The van der Waals surface area contributed by atoms with Crippen molar-refractivity contribution in [2.24, 2.45) is 0 Å². The highest BCUT2D eigenvalue weighted by Gasteiger charge is 2.54. The van der Waals surface area contributed by atoms with Gasteiger partial charge in [0, 0.05) is 21.0 Å². The van der Waals surface area contributed by atoms with Gasteiger partial charge in [0.05, 0.1) is 23.3 Å². The topological polar surface area (TPSA) is 168 Å². The summed E-state index contributed by atoms with van der Waals surface area (Å²) in [5.41, 5.74) is 0.626. The van der Waals surface area contributed by atoms with Crippen LogP contribution in [0.1, 0.15) is 44.9 Å². The summed E-state index contributed by atoms with van der Waals surface area (Å²) >= 11 is 0.